The number of H-pyrrole nitrogens is 1. The molecule has 1 aliphatic heterocycles. The average Bonchev–Trinajstić information content (AvgIpc) is 3.21. The van der Waals surface area contributed by atoms with Crippen LogP contribution >= 0.6 is 0 Å². The van der Waals surface area contributed by atoms with Crippen molar-refractivity contribution in [3.05, 3.63) is 52.6 Å². The molecule has 0 saturated carbocycles. The molecule has 27 heavy (non-hydrogen) atoms. The summed E-state index contributed by atoms with van der Waals surface area (Å²) in [5, 5.41) is 0.565. The molecule has 2 heterocycles. The highest BCUT2D eigenvalue weighted by Gasteiger charge is 2.28. The molecule has 1 aliphatic carbocycles. The lowest BCUT2D eigenvalue weighted by Crippen LogP contribution is -2.41. The summed E-state index contributed by atoms with van der Waals surface area (Å²) in [5.74, 6) is 0.658. The van der Waals surface area contributed by atoms with Gasteiger partial charge >= 0.3 is 0 Å². The van der Waals surface area contributed by atoms with Gasteiger partial charge in [-0.25, -0.2) is 4.98 Å². The molecule has 2 aromatic rings. The first-order chi connectivity index (χ1) is 13.2. The van der Waals surface area contributed by atoms with Crippen LogP contribution in [0, 0.1) is 5.92 Å². The third-order valence-electron chi connectivity index (χ3n) is 5.38. The van der Waals surface area contributed by atoms with E-state index in [0.29, 0.717) is 29.8 Å². The molecule has 1 N–H and O–H groups in total. The van der Waals surface area contributed by atoms with Gasteiger partial charge in [-0.3, -0.25) is 9.59 Å². The second-order valence-electron chi connectivity index (χ2n) is 7.36. The number of carbonyl (C=O) groups excluding carboxylic acids is 1. The van der Waals surface area contributed by atoms with Crippen molar-refractivity contribution < 1.29 is 9.53 Å². The quantitative estimate of drug-likeness (QED) is 0.825. The minimum atomic E-state index is -0.166. The number of ether oxygens (including phenoxy) is 1. The molecule has 1 fully saturated rings. The zero-order chi connectivity index (χ0) is 18.6. The number of aromatic nitrogens is 2. The van der Waals surface area contributed by atoms with Crippen molar-refractivity contribution in [1.29, 1.82) is 0 Å². The molecule has 0 spiro atoms. The highest BCUT2D eigenvalue weighted by atomic mass is 16.5. The molecule has 2 aliphatic rings. The number of para-hydroxylation sites is 1. The molecule has 2 atom stereocenters. The summed E-state index contributed by atoms with van der Waals surface area (Å²) in [6, 6.07) is 7.27. The number of benzene rings is 1. The van der Waals surface area contributed by atoms with Crippen molar-refractivity contribution in [3.8, 4) is 0 Å². The van der Waals surface area contributed by atoms with E-state index in [9.17, 15) is 9.59 Å². The number of allylic oxidation sites excluding steroid dienone is 2. The molecule has 1 aromatic heterocycles. The molecular formula is C21H25N3O3. The van der Waals surface area contributed by atoms with Gasteiger partial charge in [0.1, 0.15) is 5.82 Å². The minimum Gasteiger partial charge on any atom is -0.376 e. The Morgan fingerprint density at radius 1 is 1.26 bits per heavy atom. The van der Waals surface area contributed by atoms with Crippen LogP contribution in [0.25, 0.3) is 10.9 Å². The van der Waals surface area contributed by atoms with E-state index in [1.807, 2.05) is 23.1 Å². The molecular weight excluding hydrogens is 342 g/mol. The molecule has 2 unspecified atom stereocenters. The Hall–Kier alpha value is -2.47. The van der Waals surface area contributed by atoms with Gasteiger partial charge in [0.05, 0.1) is 23.6 Å². The molecule has 4 rings (SSSR count). The molecule has 6 nitrogen and oxygen atoms in total. The fraction of sp³-hybridized carbons (Fsp3) is 0.476. The van der Waals surface area contributed by atoms with Crippen LogP contribution in [0.1, 0.15) is 37.9 Å². The summed E-state index contributed by atoms with van der Waals surface area (Å²) in [6.07, 6.45) is 8.89. The summed E-state index contributed by atoms with van der Waals surface area (Å²) in [7, 11) is 0. The number of amides is 1. The van der Waals surface area contributed by atoms with Gasteiger partial charge in [0.25, 0.3) is 5.56 Å². The maximum atomic E-state index is 13.2. The van der Waals surface area contributed by atoms with Gasteiger partial charge in [-0.05, 0) is 44.2 Å². The van der Waals surface area contributed by atoms with Crippen LogP contribution in [0.5, 0.6) is 0 Å². The monoisotopic (exact) mass is 367 g/mol. The van der Waals surface area contributed by atoms with Crippen LogP contribution < -0.4 is 5.56 Å². The Bertz CT molecular complexity index is 899. The average molecular weight is 367 g/mol. The summed E-state index contributed by atoms with van der Waals surface area (Å²) < 4.78 is 5.75. The SMILES string of the molecule is O=C(C1CC=CCC1)N(Cc1nc2ccccc2c(=O)[nH]1)CC1CCCO1. The second-order valence-corrected chi connectivity index (χ2v) is 7.36. The lowest BCUT2D eigenvalue weighted by atomic mass is 9.93. The van der Waals surface area contributed by atoms with Crippen LogP contribution in [-0.2, 0) is 16.1 Å². The van der Waals surface area contributed by atoms with Crippen molar-refractivity contribution in [2.45, 2.75) is 44.8 Å². The minimum absolute atomic E-state index is 0.00332. The Morgan fingerprint density at radius 2 is 2.15 bits per heavy atom. The molecule has 1 saturated heterocycles. The van der Waals surface area contributed by atoms with Gasteiger partial charge in [-0.1, -0.05) is 24.3 Å². The molecule has 0 bridgehead atoms. The topological polar surface area (TPSA) is 75.3 Å². The Balaban J connectivity index is 1.58. The van der Waals surface area contributed by atoms with E-state index < -0.39 is 0 Å². The van der Waals surface area contributed by atoms with E-state index in [0.717, 1.165) is 38.7 Å². The van der Waals surface area contributed by atoms with Crippen molar-refractivity contribution >= 4 is 16.8 Å². The predicted octanol–water partition coefficient (Wildman–Crippen LogP) is 2.79. The lowest BCUT2D eigenvalue weighted by molar-refractivity contribution is -0.138. The number of carbonyl (C=O) groups is 1. The van der Waals surface area contributed by atoms with Crippen LogP contribution in [0.4, 0.5) is 0 Å². The van der Waals surface area contributed by atoms with Gasteiger partial charge in [-0.2, -0.15) is 0 Å². The van der Waals surface area contributed by atoms with Crippen LogP contribution in [0.2, 0.25) is 0 Å². The number of fused-ring (bicyclic) bond motifs is 1. The zero-order valence-corrected chi connectivity index (χ0v) is 15.4. The number of aromatic amines is 1. The normalized spacial score (nSPS) is 22.2. The Morgan fingerprint density at radius 3 is 2.93 bits per heavy atom. The molecule has 0 radical (unpaired) electrons. The van der Waals surface area contributed by atoms with Gasteiger partial charge in [-0.15, -0.1) is 0 Å². The summed E-state index contributed by atoms with van der Waals surface area (Å²) in [4.78, 5) is 34.8. The number of hydrogen-bond donors (Lipinski definition) is 1. The highest BCUT2D eigenvalue weighted by molar-refractivity contribution is 5.79. The summed E-state index contributed by atoms with van der Waals surface area (Å²) >= 11 is 0. The van der Waals surface area contributed by atoms with Gasteiger partial charge in [0, 0.05) is 19.1 Å². The first-order valence-corrected chi connectivity index (χ1v) is 9.74. The van der Waals surface area contributed by atoms with E-state index in [-0.39, 0.29) is 23.5 Å². The van der Waals surface area contributed by atoms with Crippen molar-refractivity contribution in [2.24, 2.45) is 5.92 Å². The highest BCUT2D eigenvalue weighted by Crippen LogP contribution is 2.23. The maximum Gasteiger partial charge on any atom is 0.258 e. The third kappa shape index (κ3) is 4.11. The van der Waals surface area contributed by atoms with Crippen LogP contribution in [-0.4, -0.2) is 40.0 Å². The first kappa shape index (κ1) is 17.9. The fourth-order valence-corrected chi connectivity index (χ4v) is 3.93. The van der Waals surface area contributed by atoms with Crippen molar-refractivity contribution in [2.75, 3.05) is 13.2 Å². The third-order valence-corrected chi connectivity index (χ3v) is 5.38. The summed E-state index contributed by atoms with van der Waals surface area (Å²) in [5.41, 5.74) is 0.488. The van der Waals surface area contributed by atoms with E-state index in [4.69, 9.17) is 4.74 Å². The number of rotatable bonds is 5. The van der Waals surface area contributed by atoms with Crippen molar-refractivity contribution in [3.63, 3.8) is 0 Å². The molecule has 1 aromatic carbocycles. The first-order valence-electron chi connectivity index (χ1n) is 9.74. The van der Waals surface area contributed by atoms with Crippen LogP contribution in [0.3, 0.4) is 0 Å². The van der Waals surface area contributed by atoms with E-state index in [2.05, 4.69) is 22.1 Å². The Labute approximate surface area is 158 Å². The maximum absolute atomic E-state index is 13.2. The van der Waals surface area contributed by atoms with Gasteiger partial charge in [0.15, 0.2) is 0 Å². The molecule has 1 amide bonds. The predicted molar refractivity (Wildman–Crippen MR) is 103 cm³/mol. The van der Waals surface area contributed by atoms with E-state index in [1.54, 1.807) is 6.07 Å². The number of hydrogen-bond acceptors (Lipinski definition) is 4. The number of nitrogens with zero attached hydrogens (tertiary/aromatic N) is 2. The van der Waals surface area contributed by atoms with Crippen molar-refractivity contribution in [1.82, 2.24) is 14.9 Å². The second kappa shape index (κ2) is 8.05. The van der Waals surface area contributed by atoms with Gasteiger partial charge in [0.2, 0.25) is 5.91 Å². The van der Waals surface area contributed by atoms with Crippen LogP contribution in [0.15, 0.2) is 41.2 Å². The largest absolute Gasteiger partial charge is 0.376 e. The summed E-state index contributed by atoms with van der Waals surface area (Å²) in [6.45, 7) is 1.61. The molecule has 142 valence electrons. The lowest BCUT2D eigenvalue weighted by Gasteiger charge is -2.29. The smallest absolute Gasteiger partial charge is 0.258 e. The zero-order valence-electron chi connectivity index (χ0n) is 15.4. The molecule has 6 heteroatoms. The fourth-order valence-electron chi connectivity index (χ4n) is 3.93. The Kier molecular flexibility index (Phi) is 5.34. The standard InChI is InChI=1S/C21H25N3O3/c25-20-17-10-4-5-11-18(17)22-19(23-20)14-24(13-16-9-6-12-27-16)21(26)15-7-2-1-3-8-15/h1-2,4-5,10-11,15-16H,3,6-9,12-14H2,(H,22,23,25). The van der Waals surface area contributed by atoms with E-state index in [1.165, 1.54) is 0 Å². The number of nitrogens with one attached hydrogen (secondary N) is 1. The van der Waals surface area contributed by atoms with E-state index >= 15 is 0 Å². The van der Waals surface area contributed by atoms with Gasteiger partial charge < -0.3 is 14.6 Å².